The van der Waals surface area contributed by atoms with Gasteiger partial charge in [0.05, 0.1) is 12.7 Å². The molecule has 0 spiro atoms. The number of nitrogens with zero attached hydrogens (tertiary/aromatic N) is 4. The molecule has 0 unspecified atom stereocenters. The Balaban J connectivity index is 2.02. The average Bonchev–Trinajstić information content (AvgIpc) is 2.63. The molecule has 2 aromatic heterocycles. The molecule has 78 valence electrons. The third-order valence-electron chi connectivity index (χ3n) is 2.22. The summed E-state index contributed by atoms with van der Waals surface area (Å²) in [4.78, 5) is 5.89. The first-order chi connectivity index (χ1) is 7.25. The predicted octanol–water partition coefficient (Wildman–Crippen LogP) is 0.806. The van der Waals surface area contributed by atoms with Gasteiger partial charge in [-0.15, -0.1) is 5.10 Å². The summed E-state index contributed by atoms with van der Waals surface area (Å²) in [5.74, 6) is 0.452. The van der Waals surface area contributed by atoms with Gasteiger partial charge >= 0.3 is 0 Å². The average molecular weight is 203 g/mol. The number of rotatable bonds is 3. The second kappa shape index (κ2) is 4.08. The maximum absolute atomic E-state index is 5.47. The highest BCUT2D eigenvalue weighted by Gasteiger charge is 2.01. The van der Waals surface area contributed by atoms with Gasteiger partial charge in [-0.1, -0.05) is 6.07 Å². The van der Waals surface area contributed by atoms with E-state index in [1.807, 2.05) is 19.1 Å². The lowest BCUT2D eigenvalue weighted by atomic mass is 10.2. The number of aromatic nitrogens is 4. The van der Waals surface area contributed by atoms with E-state index in [0.717, 1.165) is 12.1 Å². The van der Waals surface area contributed by atoms with Crippen LogP contribution in [-0.2, 0) is 13.0 Å². The highest BCUT2D eigenvalue weighted by atomic mass is 15.5. The van der Waals surface area contributed by atoms with Crippen LogP contribution in [0.3, 0.4) is 0 Å². The molecule has 2 rings (SSSR count). The molecule has 0 aliphatic carbocycles. The van der Waals surface area contributed by atoms with Gasteiger partial charge in [-0.2, -0.15) is 9.90 Å². The predicted molar refractivity (Wildman–Crippen MR) is 57.1 cm³/mol. The third kappa shape index (κ3) is 2.31. The lowest BCUT2D eigenvalue weighted by Gasteiger charge is -2.03. The third-order valence-corrected chi connectivity index (χ3v) is 2.22. The van der Waals surface area contributed by atoms with Crippen LogP contribution in [0.4, 0.5) is 5.82 Å². The van der Waals surface area contributed by atoms with Crippen LogP contribution in [0.5, 0.6) is 0 Å². The minimum Gasteiger partial charge on any atom is -0.381 e. The number of pyridine rings is 1. The van der Waals surface area contributed by atoms with Crippen molar-refractivity contribution in [3.8, 4) is 0 Å². The minimum absolute atomic E-state index is 0.452. The van der Waals surface area contributed by atoms with Crippen molar-refractivity contribution in [1.82, 2.24) is 20.0 Å². The normalized spacial score (nSPS) is 10.5. The zero-order valence-corrected chi connectivity index (χ0v) is 8.59. The molecule has 0 saturated carbocycles. The molecule has 2 aromatic rings. The van der Waals surface area contributed by atoms with E-state index in [-0.39, 0.29) is 0 Å². The number of aryl methyl sites for hydroxylation is 3. The molecule has 5 nitrogen and oxygen atoms in total. The van der Waals surface area contributed by atoms with Crippen molar-refractivity contribution in [2.75, 3.05) is 5.73 Å². The summed E-state index contributed by atoms with van der Waals surface area (Å²) < 4.78 is 0. The van der Waals surface area contributed by atoms with Crippen LogP contribution in [0, 0.1) is 6.92 Å². The number of nitrogen functional groups attached to an aromatic ring is 1. The van der Waals surface area contributed by atoms with Gasteiger partial charge < -0.3 is 5.73 Å². The van der Waals surface area contributed by atoms with Crippen LogP contribution < -0.4 is 5.73 Å². The SMILES string of the molecule is Cc1cccnc1CCn1ncc(N)n1. The van der Waals surface area contributed by atoms with Crippen molar-refractivity contribution in [3.63, 3.8) is 0 Å². The van der Waals surface area contributed by atoms with Crippen LogP contribution in [-0.4, -0.2) is 20.0 Å². The standard InChI is InChI=1S/C10H13N5/c1-8-3-2-5-12-9(8)4-6-15-13-7-10(11)14-15/h2-3,5,7H,4,6H2,1H3,(H2,11,14). The van der Waals surface area contributed by atoms with Crippen LogP contribution in [0.25, 0.3) is 0 Å². The molecule has 5 heteroatoms. The number of hydrogen-bond donors (Lipinski definition) is 1. The van der Waals surface area contributed by atoms with Gasteiger partial charge in [0.2, 0.25) is 0 Å². The van der Waals surface area contributed by atoms with Gasteiger partial charge in [0.1, 0.15) is 0 Å². The van der Waals surface area contributed by atoms with Crippen molar-refractivity contribution in [1.29, 1.82) is 0 Å². The molecule has 15 heavy (non-hydrogen) atoms. The summed E-state index contributed by atoms with van der Waals surface area (Å²) in [6, 6.07) is 3.98. The fourth-order valence-corrected chi connectivity index (χ4v) is 1.40. The smallest absolute Gasteiger partial charge is 0.165 e. The largest absolute Gasteiger partial charge is 0.381 e. The maximum atomic E-state index is 5.47. The van der Waals surface area contributed by atoms with E-state index in [4.69, 9.17) is 5.73 Å². The van der Waals surface area contributed by atoms with Crippen LogP contribution in [0.2, 0.25) is 0 Å². The summed E-state index contributed by atoms with van der Waals surface area (Å²) in [6.45, 7) is 2.75. The Morgan fingerprint density at radius 3 is 3.00 bits per heavy atom. The molecule has 0 amide bonds. The molecule has 0 atom stereocenters. The maximum Gasteiger partial charge on any atom is 0.165 e. The summed E-state index contributed by atoms with van der Waals surface area (Å²) in [5, 5.41) is 8.02. The van der Waals surface area contributed by atoms with Crippen molar-refractivity contribution < 1.29 is 0 Å². The first-order valence-corrected chi connectivity index (χ1v) is 4.82. The quantitative estimate of drug-likeness (QED) is 0.801. The molecule has 0 aromatic carbocycles. The van der Waals surface area contributed by atoms with E-state index in [2.05, 4.69) is 15.2 Å². The number of nitrogens with two attached hydrogens (primary N) is 1. The van der Waals surface area contributed by atoms with Crippen molar-refractivity contribution >= 4 is 5.82 Å². The van der Waals surface area contributed by atoms with Crippen LogP contribution in [0.15, 0.2) is 24.5 Å². The van der Waals surface area contributed by atoms with Gasteiger partial charge in [-0.05, 0) is 18.6 Å². The zero-order chi connectivity index (χ0) is 10.7. The van der Waals surface area contributed by atoms with Crippen molar-refractivity contribution in [2.45, 2.75) is 19.9 Å². The highest BCUT2D eigenvalue weighted by Crippen LogP contribution is 2.04. The molecule has 0 aliphatic rings. The van der Waals surface area contributed by atoms with Crippen LogP contribution in [0.1, 0.15) is 11.3 Å². The van der Waals surface area contributed by atoms with Crippen LogP contribution >= 0.6 is 0 Å². The van der Waals surface area contributed by atoms with Gasteiger partial charge in [0, 0.05) is 18.3 Å². The van der Waals surface area contributed by atoms with Crippen molar-refractivity contribution in [3.05, 3.63) is 35.8 Å². The molecule has 0 saturated heterocycles. The Morgan fingerprint density at radius 2 is 2.33 bits per heavy atom. The second-order valence-corrected chi connectivity index (χ2v) is 3.38. The number of hydrogen-bond acceptors (Lipinski definition) is 4. The first kappa shape index (κ1) is 9.64. The Labute approximate surface area is 87.9 Å². The second-order valence-electron chi connectivity index (χ2n) is 3.38. The fourth-order valence-electron chi connectivity index (χ4n) is 1.40. The first-order valence-electron chi connectivity index (χ1n) is 4.82. The Morgan fingerprint density at radius 1 is 1.47 bits per heavy atom. The Hall–Kier alpha value is -1.91. The minimum atomic E-state index is 0.452. The summed E-state index contributed by atoms with van der Waals surface area (Å²) in [5.41, 5.74) is 7.74. The molecular weight excluding hydrogens is 190 g/mol. The lowest BCUT2D eigenvalue weighted by molar-refractivity contribution is 0.533. The van der Waals surface area contributed by atoms with E-state index in [0.29, 0.717) is 12.4 Å². The van der Waals surface area contributed by atoms with E-state index >= 15 is 0 Å². The molecule has 2 heterocycles. The number of anilines is 1. The fraction of sp³-hybridized carbons (Fsp3) is 0.300. The van der Waals surface area contributed by atoms with E-state index in [9.17, 15) is 0 Å². The van der Waals surface area contributed by atoms with E-state index in [1.54, 1.807) is 17.2 Å². The monoisotopic (exact) mass is 203 g/mol. The molecule has 0 aliphatic heterocycles. The van der Waals surface area contributed by atoms with E-state index < -0.39 is 0 Å². The molecule has 0 fully saturated rings. The topological polar surface area (TPSA) is 69.6 Å². The van der Waals surface area contributed by atoms with Gasteiger partial charge in [-0.3, -0.25) is 4.98 Å². The zero-order valence-electron chi connectivity index (χ0n) is 8.59. The van der Waals surface area contributed by atoms with Gasteiger partial charge in [-0.25, -0.2) is 0 Å². The lowest BCUT2D eigenvalue weighted by Crippen LogP contribution is -2.07. The van der Waals surface area contributed by atoms with Crippen molar-refractivity contribution in [2.24, 2.45) is 0 Å². The summed E-state index contributed by atoms with van der Waals surface area (Å²) >= 11 is 0. The Bertz CT molecular complexity index is 449. The van der Waals surface area contributed by atoms with E-state index in [1.165, 1.54) is 5.56 Å². The van der Waals surface area contributed by atoms with Gasteiger partial charge in [0.25, 0.3) is 0 Å². The van der Waals surface area contributed by atoms with Gasteiger partial charge in [0.15, 0.2) is 5.82 Å². The molecule has 0 radical (unpaired) electrons. The summed E-state index contributed by atoms with van der Waals surface area (Å²) in [6.07, 6.45) is 4.17. The molecule has 0 bridgehead atoms. The Kier molecular flexibility index (Phi) is 2.62. The molecular formula is C10H13N5. The summed E-state index contributed by atoms with van der Waals surface area (Å²) in [7, 11) is 0. The highest BCUT2D eigenvalue weighted by molar-refractivity contribution is 5.20. The molecule has 2 N–H and O–H groups in total.